The maximum absolute atomic E-state index is 3.91. The molecule has 98 valence electrons. The van der Waals surface area contributed by atoms with Crippen molar-refractivity contribution in [3.8, 4) is 0 Å². The first-order chi connectivity index (χ1) is 8.29. The van der Waals surface area contributed by atoms with Crippen molar-refractivity contribution < 1.29 is 0 Å². The van der Waals surface area contributed by atoms with Crippen LogP contribution < -0.4 is 0 Å². The van der Waals surface area contributed by atoms with Crippen molar-refractivity contribution in [3.63, 3.8) is 0 Å². The summed E-state index contributed by atoms with van der Waals surface area (Å²) in [6.07, 6.45) is 10.4. The Morgan fingerprint density at radius 3 is 2.00 bits per heavy atom. The smallest absolute Gasteiger partial charge is 0.0991 e. The van der Waals surface area contributed by atoms with E-state index in [0.29, 0.717) is 0 Å². The largest absolute Gasteiger partial charge is 0.307 e. The molecule has 0 spiro atoms. The monoisotopic (exact) mass is 236 g/mol. The molecule has 0 saturated heterocycles. The Kier molecular flexibility index (Phi) is 24.4. The molecule has 1 rings (SSSR count). The SMILES string of the molecule is C=C.C=C/C(=C\C)n1ccnc1.CC.CCC. The van der Waals surface area contributed by atoms with E-state index in [0.717, 1.165) is 5.70 Å². The standard InChI is InChI=1S/C8H10N2.C3H8.C2H6.C2H4/c1-3-8(4-2)10-6-5-9-7-10;1-3-2;2*1-2/h3-7H,1H2,2H3;3H2,1-2H3;1-2H3;1-2H2/b8-4+;;;. The molecule has 0 aliphatic heterocycles. The Morgan fingerprint density at radius 2 is 1.76 bits per heavy atom. The van der Waals surface area contributed by atoms with E-state index >= 15 is 0 Å². The summed E-state index contributed by atoms with van der Waals surface area (Å²) in [7, 11) is 0. The van der Waals surface area contributed by atoms with E-state index in [9.17, 15) is 0 Å². The van der Waals surface area contributed by atoms with Crippen molar-refractivity contribution in [3.05, 3.63) is 50.6 Å². The topological polar surface area (TPSA) is 17.8 Å². The Labute approximate surface area is 107 Å². The van der Waals surface area contributed by atoms with Crippen molar-refractivity contribution in [1.29, 1.82) is 0 Å². The number of aromatic nitrogens is 2. The minimum Gasteiger partial charge on any atom is -0.307 e. The molecule has 0 aliphatic carbocycles. The number of nitrogens with zero attached hydrogens (tertiary/aromatic N) is 2. The average molecular weight is 236 g/mol. The summed E-state index contributed by atoms with van der Waals surface area (Å²) in [4.78, 5) is 3.91. The fraction of sp³-hybridized carbons (Fsp3) is 0.400. The normalized spacial score (nSPS) is 8.41. The molecule has 0 N–H and O–H groups in total. The highest BCUT2D eigenvalue weighted by atomic mass is 15.0. The van der Waals surface area contributed by atoms with Crippen molar-refractivity contribution >= 4 is 5.70 Å². The highest BCUT2D eigenvalue weighted by Crippen LogP contribution is 2.02. The second-order valence-electron chi connectivity index (χ2n) is 2.59. The van der Waals surface area contributed by atoms with E-state index in [4.69, 9.17) is 0 Å². The van der Waals surface area contributed by atoms with E-state index in [2.05, 4.69) is 38.6 Å². The van der Waals surface area contributed by atoms with Crippen LogP contribution >= 0.6 is 0 Å². The molecule has 0 aliphatic rings. The molecule has 0 amide bonds. The van der Waals surface area contributed by atoms with Crippen LogP contribution in [0.25, 0.3) is 5.70 Å². The van der Waals surface area contributed by atoms with Gasteiger partial charge >= 0.3 is 0 Å². The third kappa shape index (κ3) is 12.4. The van der Waals surface area contributed by atoms with Crippen LogP contribution in [0.3, 0.4) is 0 Å². The lowest BCUT2D eigenvalue weighted by Gasteiger charge is -1.98. The Bertz CT molecular complexity index is 258. The quantitative estimate of drug-likeness (QED) is 0.511. The first-order valence-corrected chi connectivity index (χ1v) is 6.07. The minimum absolute atomic E-state index is 1.05. The number of allylic oxidation sites excluding steroid dienone is 3. The molecular weight excluding hydrogens is 208 g/mol. The van der Waals surface area contributed by atoms with E-state index < -0.39 is 0 Å². The van der Waals surface area contributed by atoms with Crippen LogP contribution in [0.1, 0.15) is 41.0 Å². The Balaban J connectivity index is -0.000000239. The zero-order valence-electron chi connectivity index (χ0n) is 12.1. The number of hydrogen-bond donors (Lipinski definition) is 0. The molecular formula is C15H28N2. The molecule has 0 unspecified atom stereocenters. The van der Waals surface area contributed by atoms with Gasteiger partial charge in [-0.3, -0.25) is 0 Å². The van der Waals surface area contributed by atoms with Gasteiger partial charge in [0, 0.05) is 18.1 Å². The van der Waals surface area contributed by atoms with E-state index in [1.54, 1.807) is 18.6 Å². The molecule has 0 fully saturated rings. The third-order valence-corrected chi connectivity index (χ3v) is 1.31. The average Bonchev–Trinajstić information content (AvgIpc) is 2.91. The van der Waals surface area contributed by atoms with Crippen LogP contribution in [0, 0.1) is 0 Å². The molecule has 1 aromatic rings. The fourth-order valence-corrected chi connectivity index (χ4v) is 0.784. The number of hydrogen-bond acceptors (Lipinski definition) is 1. The van der Waals surface area contributed by atoms with Gasteiger partial charge in [-0.05, 0) is 13.0 Å². The van der Waals surface area contributed by atoms with Crippen LogP contribution in [-0.2, 0) is 0 Å². The zero-order chi connectivity index (χ0) is 14.1. The lowest BCUT2D eigenvalue weighted by atomic mass is 10.4. The van der Waals surface area contributed by atoms with E-state index in [1.807, 2.05) is 37.6 Å². The van der Waals surface area contributed by atoms with Crippen molar-refractivity contribution in [2.24, 2.45) is 0 Å². The molecule has 2 nitrogen and oxygen atoms in total. The van der Waals surface area contributed by atoms with Crippen LogP contribution in [-0.4, -0.2) is 9.55 Å². The number of imidazole rings is 1. The summed E-state index contributed by atoms with van der Waals surface area (Å²) >= 11 is 0. The minimum atomic E-state index is 1.05. The summed E-state index contributed by atoms with van der Waals surface area (Å²) in [5.41, 5.74) is 1.05. The molecule has 0 atom stereocenters. The first-order valence-electron chi connectivity index (χ1n) is 6.07. The molecule has 0 bridgehead atoms. The van der Waals surface area contributed by atoms with Crippen molar-refractivity contribution in [2.45, 2.75) is 41.0 Å². The van der Waals surface area contributed by atoms with Crippen LogP contribution in [0.4, 0.5) is 0 Å². The molecule has 1 aromatic heterocycles. The van der Waals surface area contributed by atoms with Gasteiger partial charge in [-0.25, -0.2) is 4.98 Å². The first kappa shape index (κ1) is 20.8. The third-order valence-electron chi connectivity index (χ3n) is 1.31. The maximum Gasteiger partial charge on any atom is 0.0991 e. The molecule has 2 heteroatoms. The van der Waals surface area contributed by atoms with Gasteiger partial charge in [-0.15, -0.1) is 13.2 Å². The second kappa shape index (κ2) is 19.9. The van der Waals surface area contributed by atoms with Crippen LogP contribution in [0.2, 0.25) is 0 Å². The summed E-state index contributed by atoms with van der Waals surface area (Å²) < 4.78 is 1.91. The maximum atomic E-state index is 3.91. The Hall–Kier alpha value is -1.57. The summed E-state index contributed by atoms with van der Waals surface area (Å²) in [6.45, 7) is 19.9. The highest BCUT2D eigenvalue weighted by Gasteiger charge is 1.89. The lowest BCUT2D eigenvalue weighted by Crippen LogP contribution is -1.87. The predicted molar refractivity (Wildman–Crippen MR) is 80.9 cm³/mol. The van der Waals surface area contributed by atoms with E-state index in [1.165, 1.54) is 6.42 Å². The molecule has 0 aromatic carbocycles. The van der Waals surface area contributed by atoms with Crippen LogP contribution in [0.15, 0.2) is 50.6 Å². The van der Waals surface area contributed by atoms with Gasteiger partial charge in [-0.2, -0.15) is 0 Å². The molecule has 1 heterocycles. The van der Waals surface area contributed by atoms with Crippen molar-refractivity contribution in [1.82, 2.24) is 9.55 Å². The summed E-state index contributed by atoms with van der Waals surface area (Å²) in [5.74, 6) is 0. The second-order valence-corrected chi connectivity index (χ2v) is 2.59. The Morgan fingerprint density at radius 1 is 1.29 bits per heavy atom. The molecule has 17 heavy (non-hydrogen) atoms. The van der Waals surface area contributed by atoms with Gasteiger partial charge < -0.3 is 4.57 Å². The fourth-order valence-electron chi connectivity index (χ4n) is 0.784. The van der Waals surface area contributed by atoms with Gasteiger partial charge in [0.05, 0.1) is 6.33 Å². The highest BCUT2D eigenvalue weighted by molar-refractivity contribution is 5.55. The van der Waals surface area contributed by atoms with Gasteiger partial charge in [-0.1, -0.05) is 46.8 Å². The van der Waals surface area contributed by atoms with Gasteiger partial charge in [0.1, 0.15) is 0 Å². The zero-order valence-corrected chi connectivity index (χ0v) is 12.1. The summed E-state index contributed by atoms with van der Waals surface area (Å²) in [6, 6.07) is 0. The van der Waals surface area contributed by atoms with Crippen LogP contribution in [0.5, 0.6) is 0 Å². The summed E-state index contributed by atoms with van der Waals surface area (Å²) in [5, 5.41) is 0. The number of rotatable bonds is 2. The van der Waals surface area contributed by atoms with Crippen molar-refractivity contribution in [2.75, 3.05) is 0 Å². The predicted octanol–water partition coefficient (Wildman–Crippen LogP) is 5.17. The van der Waals surface area contributed by atoms with E-state index in [-0.39, 0.29) is 0 Å². The van der Waals surface area contributed by atoms with Gasteiger partial charge in [0.25, 0.3) is 0 Å². The van der Waals surface area contributed by atoms with Gasteiger partial charge in [0.15, 0.2) is 0 Å². The lowest BCUT2D eigenvalue weighted by molar-refractivity contribution is 1.09. The molecule has 0 saturated carbocycles. The van der Waals surface area contributed by atoms with Gasteiger partial charge in [0.2, 0.25) is 0 Å². The molecule has 0 radical (unpaired) electrons.